The topological polar surface area (TPSA) is 32.3 Å². The second-order valence-corrected chi connectivity index (χ2v) is 6.48. The lowest BCUT2D eigenvalue weighted by atomic mass is 9.95. The van der Waals surface area contributed by atoms with Crippen molar-refractivity contribution >= 4 is 5.91 Å². The average molecular weight is 286 g/mol. The van der Waals surface area contributed by atoms with E-state index in [1.807, 2.05) is 11.0 Å². The van der Waals surface area contributed by atoms with Gasteiger partial charge in [0.15, 0.2) is 0 Å². The minimum Gasteiger partial charge on any atom is -0.341 e. The number of carbonyl (C=O) groups is 1. The fraction of sp³-hybridized carbons (Fsp3) is 0.611. The first-order chi connectivity index (χ1) is 10.3. The quantitative estimate of drug-likeness (QED) is 0.902. The van der Waals surface area contributed by atoms with E-state index in [9.17, 15) is 4.79 Å². The third kappa shape index (κ3) is 4.07. The van der Waals surface area contributed by atoms with Crippen molar-refractivity contribution in [2.75, 3.05) is 13.1 Å². The van der Waals surface area contributed by atoms with E-state index in [0.717, 1.165) is 19.5 Å². The highest BCUT2D eigenvalue weighted by atomic mass is 16.2. The second kappa shape index (κ2) is 7.08. The van der Waals surface area contributed by atoms with Crippen molar-refractivity contribution in [3.05, 3.63) is 35.9 Å². The molecule has 1 atom stereocenters. The molecular formula is C18H26N2O. The van der Waals surface area contributed by atoms with Crippen LogP contribution < -0.4 is 5.32 Å². The Hall–Kier alpha value is -1.35. The lowest BCUT2D eigenvalue weighted by Crippen LogP contribution is -2.41. The maximum absolute atomic E-state index is 12.1. The van der Waals surface area contributed by atoms with Crippen molar-refractivity contribution in [1.82, 2.24) is 10.2 Å². The Bertz CT molecular complexity index is 454. The van der Waals surface area contributed by atoms with Gasteiger partial charge in [0.05, 0.1) is 0 Å². The molecule has 114 valence electrons. The third-order valence-electron chi connectivity index (χ3n) is 4.80. The SMILES string of the molecule is O=C1CC(NC2CCCCC2)CN1CCc1ccccc1. The molecule has 3 heteroatoms. The fourth-order valence-electron chi connectivity index (χ4n) is 3.61. The molecule has 1 aromatic rings. The molecule has 0 spiro atoms. The Balaban J connectivity index is 1.45. The summed E-state index contributed by atoms with van der Waals surface area (Å²) in [4.78, 5) is 14.2. The molecule has 0 radical (unpaired) electrons. The summed E-state index contributed by atoms with van der Waals surface area (Å²) in [6, 6.07) is 11.5. The van der Waals surface area contributed by atoms with Crippen LogP contribution in [0.15, 0.2) is 30.3 Å². The fourth-order valence-corrected chi connectivity index (χ4v) is 3.61. The van der Waals surface area contributed by atoms with Crippen LogP contribution in [0.2, 0.25) is 0 Å². The number of hydrogen-bond donors (Lipinski definition) is 1. The summed E-state index contributed by atoms with van der Waals surface area (Å²) in [6.45, 7) is 1.74. The molecular weight excluding hydrogens is 260 g/mol. The molecule has 0 aromatic heterocycles. The average Bonchev–Trinajstić information content (AvgIpc) is 2.87. The molecule has 1 aliphatic carbocycles. The van der Waals surface area contributed by atoms with Crippen LogP contribution in [0.25, 0.3) is 0 Å². The summed E-state index contributed by atoms with van der Waals surface area (Å²) in [7, 11) is 0. The number of likely N-dealkylation sites (tertiary alicyclic amines) is 1. The van der Waals surface area contributed by atoms with Crippen molar-refractivity contribution in [2.45, 2.75) is 57.0 Å². The van der Waals surface area contributed by atoms with Gasteiger partial charge in [-0.2, -0.15) is 0 Å². The standard InChI is InChI=1S/C18H26N2O/c21-18-13-17(19-16-9-5-2-6-10-16)14-20(18)12-11-15-7-3-1-4-8-15/h1,3-4,7-8,16-17,19H,2,5-6,9-14H2. The van der Waals surface area contributed by atoms with Gasteiger partial charge in [-0.25, -0.2) is 0 Å². The van der Waals surface area contributed by atoms with Gasteiger partial charge in [-0.05, 0) is 24.8 Å². The molecule has 1 aromatic carbocycles. The summed E-state index contributed by atoms with van der Waals surface area (Å²) < 4.78 is 0. The molecule has 21 heavy (non-hydrogen) atoms. The van der Waals surface area contributed by atoms with E-state index in [2.05, 4.69) is 29.6 Å². The third-order valence-corrected chi connectivity index (χ3v) is 4.80. The van der Waals surface area contributed by atoms with Crippen molar-refractivity contribution in [3.8, 4) is 0 Å². The minimum atomic E-state index is 0.319. The minimum absolute atomic E-state index is 0.319. The van der Waals surface area contributed by atoms with Gasteiger partial charge in [0, 0.05) is 31.6 Å². The number of nitrogens with one attached hydrogen (secondary N) is 1. The summed E-state index contributed by atoms with van der Waals surface area (Å²) in [5.41, 5.74) is 1.31. The zero-order chi connectivity index (χ0) is 14.5. The second-order valence-electron chi connectivity index (χ2n) is 6.48. The molecule has 3 rings (SSSR count). The smallest absolute Gasteiger partial charge is 0.224 e. The molecule has 2 aliphatic rings. The van der Waals surface area contributed by atoms with Crippen LogP contribution in [0, 0.1) is 0 Å². The molecule has 0 bridgehead atoms. The predicted octanol–water partition coefficient (Wildman–Crippen LogP) is 2.75. The number of amides is 1. The number of hydrogen-bond acceptors (Lipinski definition) is 2. The highest BCUT2D eigenvalue weighted by molar-refractivity contribution is 5.79. The van der Waals surface area contributed by atoms with Gasteiger partial charge in [0.1, 0.15) is 0 Å². The zero-order valence-corrected chi connectivity index (χ0v) is 12.8. The van der Waals surface area contributed by atoms with Crippen molar-refractivity contribution < 1.29 is 4.79 Å². The summed E-state index contributed by atoms with van der Waals surface area (Å²) in [5.74, 6) is 0.319. The highest BCUT2D eigenvalue weighted by Crippen LogP contribution is 2.20. The van der Waals surface area contributed by atoms with Gasteiger partial charge in [-0.15, -0.1) is 0 Å². The van der Waals surface area contributed by atoms with Crippen molar-refractivity contribution in [3.63, 3.8) is 0 Å². The van der Waals surface area contributed by atoms with Crippen LogP contribution in [0.4, 0.5) is 0 Å². The van der Waals surface area contributed by atoms with Gasteiger partial charge < -0.3 is 10.2 Å². The van der Waals surface area contributed by atoms with Crippen LogP contribution in [-0.2, 0) is 11.2 Å². The Morgan fingerprint density at radius 3 is 2.57 bits per heavy atom. The number of carbonyl (C=O) groups excluding carboxylic acids is 1. The Kier molecular flexibility index (Phi) is 4.91. The van der Waals surface area contributed by atoms with Crippen molar-refractivity contribution in [1.29, 1.82) is 0 Å². The Morgan fingerprint density at radius 1 is 1.05 bits per heavy atom. The maximum Gasteiger partial charge on any atom is 0.224 e. The van der Waals surface area contributed by atoms with Gasteiger partial charge in [0.25, 0.3) is 0 Å². The summed E-state index contributed by atoms with van der Waals surface area (Å²) in [6.07, 6.45) is 8.29. The van der Waals surface area contributed by atoms with E-state index in [1.165, 1.54) is 37.7 Å². The first kappa shape index (κ1) is 14.6. The maximum atomic E-state index is 12.1. The number of rotatable bonds is 5. The predicted molar refractivity (Wildman–Crippen MR) is 85.1 cm³/mol. The van der Waals surface area contributed by atoms with E-state index in [0.29, 0.717) is 24.4 Å². The molecule has 1 N–H and O–H groups in total. The van der Waals surface area contributed by atoms with Gasteiger partial charge in [0.2, 0.25) is 5.91 Å². The summed E-state index contributed by atoms with van der Waals surface area (Å²) >= 11 is 0. The van der Waals surface area contributed by atoms with Gasteiger partial charge in [-0.3, -0.25) is 4.79 Å². The first-order valence-electron chi connectivity index (χ1n) is 8.39. The number of benzene rings is 1. The lowest BCUT2D eigenvalue weighted by Gasteiger charge is -2.26. The van der Waals surface area contributed by atoms with E-state index in [4.69, 9.17) is 0 Å². The van der Waals surface area contributed by atoms with Crippen LogP contribution in [0.3, 0.4) is 0 Å². The molecule has 1 saturated heterocycles. The molecule has 1 saturated carbocycles. The van der Waals surface area contributed by atoms with E-state index >= 15 is 0 Å². The van der Waals surface area contributed by atoms with Crippen LogP contribution in [0.5, 0.6) is 0 Å². The Morgan fingerprint density at radius 2 is 1.81 bits per heavy atom. The van der Waals surface area contributed by atoms with Crippen LogP contribution in [-0.4, -0.2) is 36.0 Å². The van der Waals surface area contributed by atoms with Crippen molar-refractivity contribution in [2.24, 2.45) is 0 Å². The van der Waals surface area contributed by atoms with Gasteiger partial charge >= 0.3 is 0 Å². The highest BCUT2D eigenvalue weighted by Gasteiger charge is 2.30. The van der Waals surface area contributed by atoms with Gasteiger partial charge in [-0.1, -0.05) is 49.6 Å². The molecule has 3 nitrogen and oxygen atoms in total. The van der Waals surface area contributed by atoms with Crippen LogP contribution in [0.1, 0.15) is 44.1 Å². The first-order valence-corrected chi connectivity index (χ1v) is 8.39. The molecule has 1 heterocycles. The molecule has 1 aliphatic heterocycles. The largest absolute Gasteiger partial charge is 0.341 e. The number of nitrogens with zero attached hydrogens (tertiary/aromatic N) is 1. The zero-order valence-electron chi connectivity index (χ0n) is 12.8. The summed E-state index contributed by atoms with van der Waals surface area (Å²) in [5, 5.41) is 3.71. The molecule has 1 unspecified atom stereocenters. The van der Waals surface area contributed by atoms with Crippen LogP contribution >= 0.6 is 0 Å². The lowest BCUT2D eigenvalue weighted by molar-refractivity contribution is -0.127. The van der Waals surface area contributed by atoms with E-state index in [1.54, 1.807) is 0 Å². The van der Waals surface area contributed by atoms with E-state index < -0.39 is 0 Å². The molecule has 2 fully saturated rings. The Labute approximate surface area is 127 Å². The van der Waals surface area contributed by atoms with E-state index in [-0.39, 0.29) is 0 Å². The monoisotopic (exact) mass is 286 g/mol. The normalized spacial score (nSPS) is 23.7. The molecule has 1 amide bonds.